The number of ether oxygens (including phenoxy) is 1. The molecule has 1 saturated heterocycles. The van der Waals surface area contributed by atoms with Gasteiger partial charge in [0.05, 0.1) is 12.1 Å². The summed E-state index contributed by atoms with van der Waals surface area (Å²) in [7, 11) is 0. The van der Waals surface area contributed by atoms with Gasteiger partial charge in [0.25, 0.3) is 0 Å². The molecule has 122 valence electrons. The smallest absolute Gasteiger partial charge is 0.140 e. The highest BCUT2D eigenvalue weighted by atomic mass is 79.9. The molecule has 1 unspecified atom stereocenters. The zero-order valence-corrected chi connectivity index (χ0v) is 15.0. The number of aromatic nitrogens is 2. The third-order valence-corrected chi connectivity index (χ3v) is 4.91. The maximum atomic E-state index is 5.99. The minimum atomic E-state index is 0.0571. The predicted molar refractivity (Wildman–Crippen MR) is 99.3 cm³/mol. The summed E-state index contributed by atoms with van der Waals surface area (Å²) in [5, 5.41) is 1.11. The molecule has 0 radical (unpaired) electrons. The van der Waals surface area contributed by atoms with Crippen LogP contribution in [0.25, 0.3) is 10.9 Å². The number of benzene rings is 2. The maximum absolute atomic E-state index is 5.99. The van der Waals surface area contributed by atoms with E-state index in [2.05, 4.69) is 80.2 Å². The van der Waals surface area contributed by atoms with E-state index in [0.717, 1.165) is 34.3 Å². The molecule has 0 N–H and O–H groups in total. The van der Waals surface area contributed by atoms with Crippen LogP contribution >= 0.6 is 15.9 Å². The molecule has 0 saturated carbocycles. The monoisotopic (exact) mass is 383 g/mol. The second-order valence-electron chi connectivity index (χ2n) is 6.07. The quantitative estimate of drug-likeness (QED) is 0.661. The number of anilines is 1. The third-order valence-electron chi connectivity index (χ3n) is 4.38. The van der Waals surface area contributed by atoms with Crippen LogP contribution in [0.3, 0.4) is 0 Å². The molecule has 2 heterocycles. The van der Waals surface area contributed by atoms with E-state index in [0.29, 0.717) is 6.61 Å². The van der Waals surface area contributed by atoms with Crippen molar-refractivity contribution in [3.63, 3.8) is 0 Å². The summed E-state index contributed by atoms with van der Waals surface area (Å²) in [4.78, 5) is 11.3. The minimum Gasteiger partial charge on any atom is -0.370 e. The highest BCUT2D eigenvalue weighted by Gasteiger charge is 2.24. The Balaban J connectivity index is 1.67. The molecular weight excluding hydrogens is 366 g/mol. The second kappa shape index (κ2) is 6.49. The van der Waals surface area contributed by atoms with Crippen LogP contribution in [-0.4, -0.2) is 29.7 Å². The summed E-state index contributed by atoms with van der Waals surface area (Å²) >= 11 is 3.48. The lowest BCUT2D eigenvalue weighted by Crippen LogP contribution is -2.39. The van der Waals surface area contributed by atoms with Gasteiger partial charge in [-0.2, -0.15) is 0 Å². The molecule has 1 aromatic heterocycles. The van der Waals surface area contributed by atoms with Gasteiger partial charge in [-0.1, -0.05) is 39.7 Å². The first-order valence-electron chi connectivity index (χ1n) is 8.04. The van der Waals surface area contributed by atoms with Gasteiger partial charge in [0, 0.05) is 22.9 Å². The average Bonchev–Trinajstić information content (AvgIpc) is 2.62. The number of hydrogen-bond donors (Lipinski definition) is 0. The second-order valence-corrected chi connectivity index (χ2v) is 6.99. The minimum absolute atomic E-state index is 0.0571. The third kappa shape index (κ3) is 3.01. The van der Waals surface area contributed by atoms with Crippen molar-refractivity contribution in [1.29, 1.82) is 0 Å². The van der Waals surface area contributed by atoms with E-state index in [4.69, 9.17) is 4.74 Å². The molecule has 0 spiro atoms. The summed E-state index contributed by atoms with van der Waals surface area (Å²) in [6, 6.07) is 14.6. The highest BCUT2D eigenvalue weighted by molar-refractivity contribution is 9.10. The molecule has 1 aliphatic heterocycles. The molecule has 2 aromatic carbocycles. The predicted octanol–water partition coefficient (Wildman–Crippen LogP) is 4.28. The van der Waals surface area contributed by atoms with E-state index < -0.39 is 0 Å². The van der Waals surface area contributed by atoms with Crippen molar-refractivity contribution in [2.24, 2.45) is 0 Å². The number of halogens is 1. The standard InChI is InChI=1S/C19H18BrN3O/c1-13-2-7-17-16(10-13)19(22-12-21-17)23-8-9-24-18(11-23)14-3-5-15(20)6-4-14/h2-7,10,12,18H,8-9,11H2,1H3. The first-order valence-corrected chi connectivity index (χ1v) is 8.83. The molecule has 5 heteroatoms. The van der Waals surface area contributed by atoms with Crippen LogP contribution in [0, 0.1) is 6.92 Å². The number of rotatable bonds is 2. The fourth-order valence-corrected chi connectivity index (χ4v) is 3.39. The topological polar surface area (TPSA) is 38.2 Å². The molecule has 0 bridgehead atoms. The number of aryl methyl sites for hydroxylation is 1. The fourth-order valence-electron chi connectivity index (χ4n) is 3.13. The van der Waals surface area contributed by atoms with E-state index in [9.17, 15) is 0 Å². The number of hydrogen-bond acceptors (Lipinski definition) is 4. The van der Waals surface area contributed by atoms with E-state index >= 15 is 0 Å². The van der Waals surface area contributed by atoms with Crippen LogP contribution in [0.2, 0.25) is 0 Å². The Morgan fingerprint density at radius 1 is 1.12 bits per heavy atom. The Morgan fingerprint density at radius 2 is 1.96 bits per heavy atom. The zero-order valence-electron chi connectivity index (χ0n) is 13.4. The molecule has 1 aliphatic rings. The van der Waals surface area contributed by atoms with Crippen LogP contribution in [0.5, 0.6) is 0 Å². The Kier molecular flexibility index (Phi) is 4.21. The van der Waals surface area contributed by atoms with Crippen molar-refractivity contribution in [2.75, 3.05) is 24.6 Å². The van der Waals surface area contributed by atoms with Gasteiger partial charge in [-0.15, -0.1) is 0 Å². The Hall–Kier alpha value is -1.98. The van der Waals surface area contributed by atoms with Gasteiger partial charge in [0.1, 0.15) is 18.2 Å². The number of morpholine rings is 1. The van der Waals surface area contributed by atoms with E-state index in [1.165, 1.54) is 11.1 Å². The van der Waals surface area contributed by atoms with E-state index in [1.54, 1.807) is 6.33 Å². The van der Waals surface area contributed by atoms with Gasteiger partial charge in [0.15, 0.2) is 0 Å². The summed E-state index contributed by atoms with van der Waals surface area (Å²) in [6.07, 6.45) is 1.71. The van der Waals surface area contributed by atoms with Crippen molar-refractivity contribution in [3.05, 3.63) is 64.4 Å². The lowest BCUT2D eigenvalue weighted by Gasteiger charge is -2.34. The van der Waals surface area contributed by atoms with Gasteiger partial charge in [0.2, 0.25) is 0 Å². The Labute approximate surface area is 149 Å². The molecule has 1 fully saturated rings. The summed E-state index contributed by atoms with van der Waals surface area (Å²) in [6.45, 7) is 4.42. The van der Waals surface area contributed by atoms with Gasteiger partial charge in [-0.25, -0.2) is 9.97 Å². The lowest BCUT2D eigenvalue weighted by molar-refractivity contribution is 0.0396. The van der Waals surface area contributed by atoms with Gasteiger partial charge in [-0.05, 0) is 36.8 Å². The van der Waals surface area contributed by atoms with Crippen LogP contribution < -0.4 is 4.90 Å². The van der Waals surface area contributed by atoms with Crippen molar-refractivity contribution in [1.82, 2.24) is 9.97 Å². The van der Waals surface area contributed by atoms with Crippen molar-refractivity contribution < 1.29 is 4.74 Å². The molecule has 24 heavy (non-hydrogen) atoms. The fraction of sp³-hybridized carbons (Fsp3) is 0.263. The normalized spacial score (nSPS) is 18.1. The van der Waals surface area contributed by atoms with Gasteiger partial charge < -0.3 is 9.64 Å². The maximum Gasteiger partial charge on any atom is 0.140 e. The molecular formula is C19H18BrN3O. The molecule has 1 atom stereocenters. The highest BCUT2D eigenvalue weighted by Crippen LogP contribution is 2.30. The average molecular weight is 384 g/mol. The molecule has 0 aliphatic carbocycles. The van der Waals surface area contributed by atoms with E-state index in [-0.39, 0.29) is 6.10 Å². The van der Waals surface area contributed by atoms with Crippen LogP contribution in [0.15, 0.2) is 53.3 Å². The lowest BCUT2D eigenvalue weighted by atomic mass is 10.1. The number of nitrogens with zero attached hydrogens (tertiary/aromatic N) is 3. The van der Waals surface area contributed by atoms with Crippen LogP contribution in [0.4, 0.5) is 5.82 Å². The van der Waals surface area contributed by atoms with Crippen molar-refractivity contribution in [2.45, 2.75) is 13.0 Å². The SMILES string of the molecule is Cc1ccc2ncnc(N3CCOC(c4ccc(Br)cc4)C3)c2c1. The molecule has 4 nitrogen and oxygen atoms in total. The summed E-state index contributed by atoms with van der Waals surface area (Å²) in [5.74, 6) is 0.995. The molecule has 0 amide bonds. The summed E-state index contributed by atoms with van der Waals surface area (Å²) < 4.78 is 7.07. The Morgan fingerprint density at radius 3 is 2.79 bits per heavy atom. The van der Waals surface area contributed by atoms with Crippen LogP contribution in [-0.2, 0) is 4.74 Å². The van der Waals surface area contributed by atoms with Gasteiger partial charge >= 0.3 is 0 Å². The van der Waals surface area contributed by atoms with Crippen LogP contribution in [0.1, 0.15) is 17.2 Å². The summed E-state index contributed by atoms with van der Waals surface area (Å²) in [5.41, 5.74) is 3.39. The molecule has 3 aromatic rings. The first kappa shape index (κ1) is 15.5. The zero-order chi connectivity index (χ0) is 16.5. The number of fused-ring (bicyclic) bond motifs is 1. The van der Waals surface area contributed by atoms with Crippen molar-refractivity contribution in [3.8, 4) is 0 Å². The first-order chi connectivity index (χ1) is 11.7. The van der Waals surface area contributed by atoms with Gasteiger partial charge in [-0.3, -0.25) is 0 Å². The molecule has 4 rings (SSSR count). The van der Waals surface area contributed by atoms with Crippen molar-refractivity contribution >= 4 is 32.7 Å². The largest absolute Gasteiger partial charge is 0.370 e. The Bertz CT molecular complexity index is 866. The van der Waals surface area contributed by atoms with E-state index in [1.807, 2.05) is 0 Å².